The highest BCUT2D eigenvalue weighted by Gasteiger charge is 2.34. The van der Waals surface area contributed by atoms with E-state index < -0.39 is 11.7 Å². The fraction of sp³-hybridized carbons (Fsp3) is 0.385. The molecule has 0 atom stereocenters. The quantitative estimate of drug-likeness (QED) is 0.666. The maximum absolute atomic E-state index is 12.5. The molecule has 2 rings (SSSR count). The lowest BCUT2D eigenvalue weighted by atomic mass is 10.1. The summed E-state index contributed by atoms with van der Waals surface area (Å²) in [5.41, 5.74) is 6.83. The van der Waals surface area contributed by atoms with Crippen molar-refractivity contribution in [2.75, 3.05) is 18.8 Å². The molecular weight excluding hydrogens is 277 g/mol. The molecule has 0 aliphatic carbocycles. The van der Waals surface area contributed by atoms with E-state index in [2.05, 4.69) is 0 Å². The molecule has 104 valence electrons. The Balaban J connectivity index is 2.03. The van der Waals surface area contributed by atoms with Crippen molar-refractivity contribution in [3.05, 3.63) is 40.4 Å². The number of hydrogen-bond donors (Lipinski definition) is 1. The summed E-state index contributed by atoms with van der Waals surface area (Å²) in [7, 11) is 0. The molecule has 1 heterocycles. The lowest BCUT2D eigenvalue weighted by molar-refractivity contribution is -0.0960. The Morgan fingerprint density at radius 1 is 1.32 bits per heavy atom. The average Bonchev–Trinajstić information content (AvgIpc) is 2.33. The molecule has 0 saturated carbocycles. The molecule has 6 heteroatoms. The van der Waals surface area contributed by atoms with Gasteiger partial charge in [-0.3, -0.25) is 4.90 Å². The summed E-state index contributed by atoms with van der Waals surface area (Å²) >= 11 is 5.88. The molecule has 0 bridgehead atoms. The van der Waals surface area contributed by atoms with Gasteiger partial charge >= 0.3 is 6.18 Å². The van der Waals surface area contributed by atoms with E-state index in [1.54, 1.807) is 18.2 Å². The van der Waals surface area contributed by atoms with Crippen LogP contribution < -0.4 is 5.73 Å². The average molecular weight is 291 g/mol. The van der Waals surface area contributed by atoms with Crippen molar-refractivity contribution in [3.8, 4) is 0 Å². The number of nitrogens with zero attached hydrogens (tertiary/aromatic N) is 1. The standard InChI is InChI=1S/C13H14ClF3N2/c14-11-1-2-12(18)9(7-11)8-19-5-3-10(4-6-19)13(15,16)17/h1-3,7H,4-6,8,18H2. The van der Waals surface area contributed by atoms with Gasteiger partial charge in [-0.05, 0) is 30.2 Å². The van der Waals surface area contributed by atoms with E-state index in [9.17, 15) is 13.2 Å². The third kappa shape index (κ3) is 3.64. The zero-order valence-corrected chi connectivity index (χ0v) is 10.9. The molecule has 1 aromatic rings. The fourth-order valence-corrected chi connectivity index (χ4v) is 2.26. The van der Waals surface area contributed by atoms with Gasteiger partial charge in [-0.25, -0.2) is 0 Å². The third-order valence-electron chi connectivity index (χ3n) is 3.16. The summed E-state index contributed by atoms with van der Waals surface area (Å²) in [5.74, 6) is 0. The van der Waals surface area contributed by atoms with Gasteiger partial charge < -0.3 is 5.73 Å². The highest BCUT2D eigenvalue weighted by molar-refractivity contribution is 6.30. The van der Waals surface area contributed by atoms with Gasteiger partial charge in [-0.1, -0.05) is 17.7 Å². The van der Waals surface area contributed by atoms with Crippen LogP contribution in [0.25, 0.3) is 0 Å². The lowest BCUT2D eigenvalue weighted by Gasteiger charge is -2.27. The minimum Gasteiger partial charge on any atom is -0.398 e. The van der Waals surface area contributed by atoms with E-state index >= 15 is 0 Å². The van der Waals surface area contributed by atoms with Crippen LogP contribution in [0.3, 0.4) is 0 Å². The molecule has 0 saturated heterocycles. The van der Waals surface area contributed by atoms with Crippen molar-refractivity contribution in [1.29, 1.82) is 0 Å². The van der Waals surface area contributed by atoms with Gasteiger partial charge in [0.05, 0.1) is 0 Å². The molecule has 0 spiro atoms. The third-order valence-corrected chi connectivity index (χ3v) is 3.39. The maximum Gasteiger partial charge on any atom is 0.412 e. The van der Waals surface area contributed by atoms with Crippen LogP contribution >= 0.6 is 11.6 Å². The topological polar surface area (TPSA) is 29.3 Å². The maximum atomic E-state index is 12.5. The molecule has 2 N–H and O–H groups in total. The van der Waals surface area contributed by atoms with Gasteiger partial charge in [0.2, 0.25) is 0 Å². The largest absolute Gasteiger partial charge is 0.412 e. The second-order valence-electron chi connectivity index (χ2n) is 4.56. The molecule has 0 fully saturated rings. The van der Waals surface area contributed by atoms with Crippen LogP contribution in [0.4, 0.5) is 18.9 Å². The highest BCUT2D eigenvalue weighted by Crippen LogP contribution is 2.30. The van der Waals surface area contributed by atoms with Crippen molar-refractivity contribution in [3.63, 3.8) is 0 Å². The van der Waals surface area contributed by atoms with Gasteiger partial charge in [0.25, 0.3) is 0 Å². The fourth-order valence-electron chi connectivity index (χ4n) is 2.06. The SMILES string of the molecule is Nc1ccc(Cl)cc1CN1CC=C(C(F)(F)F)CC1. The number of nitrogens with two attached hydrogens (primary N) is 1. The smallest absolute Gasteiger partial charge is 0.398 e. The second-order valence-corrected chi connectivity index (χ2v) is 4.99. The van der Waals surface area contributed by atoms with Crippen LogP contribution in [0.15, 0.2) is 29.8 Å². The molecule has 0 radical (unpaired) electrons. The van der Waals surface area contributed by atoms with Crippen LogP contribution in [-0.2, 0) is 6.54 Å². The molecule has 0 aromatic heterocycles. The monoisotopic (exact) mass is 290 g/mol. The summed E-state index contributed by atoms with van der Waals surface area (Å²) in [5, 5.41) is 0.577. The van der Waals surface area contributed by atoms with Gasteiger partial charge in [0.1, 0.15) is 0 Å². The van der Waals surface area contributed by atoms with E-state index in [4.69, 9.17) is 17.3 Å². The zero-order valence-electron chi connectivity index (χ0n) is 10.2. The van der Waals surface area contributed by atoms with E-state index in [0.717, 1.165) is 5.56 Å². The predicted octanol–water partition coefficient (Wildman–Crippen LogP) is 3.62. The van der Waals surface area contributed by atoms with Crippen LogP contribution in [0, 0.1) is 0 Å². The first-order chi connectivity index (χ1) is 8.86. The number of nitrogen functional groups attached to an aromatic ring is 1. The Morgan fingerprint density at radius 3 is 2.63 bits per heavy atom. The Kier molecular flexibility index (Phi) is 4.06. The Labute approximate surface area is 114 Å². The Hall–Kier alpha value is -1.20. The van der Waals surface area contributed by atoms with Gasteiger partial charge in [-0.2, -0.15) is 13.2 Å². The van der Waals surface area contributed by atoms with E-state index in [1.165, 1.54) is 6.08 Å². The van der Waals surface area contributed by atoms with Crippen molar-refractivity contribution < 1.29 is 13.2 Å². The predicted molar refractivity (Wildman–Crippen MR) is 69.9 cm³/mol. The Morgan fingerprint density at radius 2 is 2.05 bits per heavy atom. The normalized spacial score (nSPS) is 17.4. The summed E-state index contributed by atoms with van der Waals surface area (Å²) < 4.78 is 37.5. The van der Waals surface area contributed by atoms with E-state index in [1.807, 2.05) is 4.90 Å². The number of alkyl halides is 3. The van der Waals surface area contributed by atoms with Crippen molar-refractivity contribution >= 4 is 17.3 Å². The first-order valence-electron chi connectivity index (χ1n) is 5.89. The van der Waals surface area contributed by atoms with Crippen LogP contribution in [0.5, 0.6) is 0 Å². The summed E-state index contributed by atoms with van der Waals surface area (Å²) in [6.45, 7) is 1.16. The van der Waals surface area contributed by atoms with Crippen molar-refractivity contribution in [2.45, 2.75) is 19.1 Å². The van der Waals surface area contributed by atoms with Gasteiger partial charge in [-0.15, -0.1) is 0 Å². The van der Waals surface area contributed by atoms with Crippen LogP contribution in [-0.4, -0.2) is 24.2 Å². The summed E-state index contributed by atoms with van der Waals surface area (Å²) in [4.78, 5) is 1.91. The number of halogens is 4. The summed E-state index contributed by atoms with van der Waals surface area (Å²) in [6.07, 6.45) is -2.95. The first kappa shape index (κ1) is 14.2. The number of rotatable bonds is 2. The summed E-state index contributed by atoms with van der Waals surface area (Å²) in [6, 6.07) is 5.15. The van der Waals surface area contributed by atoms with Crippen LogP contribution in [0.2, 0.25) is 5.02 Å². The minimum atomic E-state index is -4.21. The molecule has 0 amide bonds. The van der Waals surface area contributed by atoms with E-state index in [-0.39, 0.29) is 13.0 Å². The van der Waals surface area contributed by atoms with Gasteiger partial charge in [0.15, 0.2) is 0 Å². The Bertz CT molecular complexity index is 497. The number of anilines is 1. The zero-order chi connectivity index (χ0) is 14.0. The molecule has 1 aliphatic rings. The van der Waals surface area contributed by atoms with E-state index in [0.29, 0.717) is 23.8 Å². The minimum absolute atomic E-state index is 0.0178. The highest BCUT2D eigenvalue weighted by atomic mass is 35.5. The molecule has 0 unspecified atom stereocenters. The number of benzene rings is 1. The number of hydrogen-bond acceptors (Lipinski definition) is 2. The molecule has 19 heavy (non-hydrogen) atoms. The first-order valence-corrected chi connectivity index (χ1v) is 6.26. The van der Waals surface area contributed by atoms with Gasteiger partial charge in [0, 0.05) is 35.9 Å². The van der Waals surface area contributed by atoms with Crippen LogP contribution in [0.1, 0.15) is 12.0 Å². The molecular formula is C13H14ClF3N2. The molecule has 1 aromatic carbocycles. The second kappa shape index (κ2) is 5.43. The van der Waals surface area contributed by atoms with Crippen molar-refractivity contribution in [2.24, 2.45) is 0 Å². The lowest BCUT2D eigenvalue weighted by Crippen LogP contribution is -2.31. The molecule has 1 aliphatic heterocycles. The molecule has 2 nitrogen and oxygen atoms in total. The van der Waals surface area contributed by atoms with Crippen molar-refractivity contribution in [1.82, 2.24) is 4.90 Å².